The van der Waals surface area contributed by atoms with Crippen molar-refractivity contribution in [1.82, 2.24) is 5.32 Å². The van der Waals surface area contributed by atoms with Crippen molar-refractivity contribution in [2.24, 2.45) is 5.73 Å². The van der Waals surface area contributed by atoms with Gasteiger partial charge in [-0.15, -0.1) is 0 Å². The van der Waals surface area contributed by atoms with E-state index < -0.39 is 0 Å². The molecule has 0 atom stereocenters. The van der Waals surface area contributed by atoms with Crippen molar-refractivity contribution < 1.29 is 9.47 Å². The minimum atomic E-state index is 0.559. The van der Waals surface area contributed by atoms with Gasteiger partial charge < -0.3 is 20.5 Å². The Morgan fingerprint density at radius 1 is 1.22 bits per heavy atom. The summed E-state index contributed by atoms with van der Waals surface area (Å²) in [4.78, 5) is 0. The summed E-state index contributed by atoms with van der Waals surface area (Å²) in [5, 5.41) is 3.98. The fraction of sp³-hybridized carbons (Fsp3) is 0.538. The maximum atomic E-state index is 6.16. The molecule has 0 aliphatic carbocycles. The van der Waals surface area contributed by atoms with E-state index in [1.54, 1.807) is 0 Å². The highest BCUT2D eigenvalue weighted by Crippen LogP contribution is 2.38. The highest BCUT2D eigenvalue weighted by atomic mass is 35.5. The summed E-state index contributed by atoms with van der Waals surface area (Å²) < 4.78 is 11.0. The molecule has 1 aromatic carbocycles. The summed E-state index contributed by atoms with van der Waals surface area (Å²) >= 11 is 6.16. The number of benzene rings is 1. The van der Waals surface area contributed by atoms with Crippen LogP contribution in [0, 0.1) is 0 Å². The van der Waals surface area contributed by atoms with Crippen molar-refractivity contribution in [2.45, 2.75) is 19.4 Å². The van der Waals surface area contributed by atoms with Crippen molar-refractivity contribution in [2.75, 3.05) is 26.3 Å². The molecule has 1 aromatic rings. The molecule has 0 aromatic heterocycles. The Kier molecular flexibility index (Phi) is 5.11. The quantitative estimate of drug-likeness (QED) is 0.776. The van der Waals surface area contributed by atoms with E-state index in [0.29, 0.717) is 24.0 Å². The maximum Gasteiger partial charge on any atom is 0.179 e. The lowest BCUT2D eigenvalue weighted by atomic mass is 10.2. The molecule has 1 aliphatic heterocycles. The molecule has 1 aliphatic rings. The van der Waals surface area contributed by atoms with E-state index in [1.807, 2.05) is 12.1 Å². The summed E-state index contributed by atoms with van der Waals surface area (Å²) in [5.41, 5.74) is 6.55. The molecule has 18 heavy (non-hydrogen) atoms. The normalized spacial score (nSPS) is 13.7. The third-order valence-electron chi connectivity index (χ3n) is 2.79. The third kappa shape index (κ3) is 3.51. The van der Waals surface area contributed by atoms with E-state index in [9.17, 15) is 0 Å². The Labute approximate surface area is 112 Å². The van der Waals surface area contributed by atoms with Crippen LogP contribution in [0.5, 0.6) is 11.5 Å². The van der Waals surface area contributed by atoms with Gasteiger partial charge in [0.1, 0.15) is 13.2 Å². The molecule has 100 valence electrons. The van der Waals surface area contributed by atoms with Gasteiger partial charge in [-0.25, -0.2) is 0 Å². The average molecular weight is 271 g/mol. The van der Waals surface area contributed by atoms with E-state index in [2.05, 4.69) is 5.32 Å². The van der Waals surface area contributed by atoms with Crippen LogP contribution >= 0.6 is 11.6 Å². The number of rotatable bonds is 6. The predicted molar refractivity (Wildman–Crippen MR) is 72.4 cm³/mol. The number of hydrogen-bond donors (Lipinski definition) is 2. The molecule has 0 fully saturated rings. The SMILES string of the molecule is NCCCCNCc1cc(Cl)c2c(c1)OCCO2. The third-order valence-corrected chi connectivity index (χ3v) is 3.07. The molecule has 0 saturated carbocycles. The first-order chi connectivity index (χ1) is 8.81. The minimum absolute atomic E-state index is 0.559. The van der Waals surface area contributed by atoms with Gasteiger partial charge in [-0.3, -0.25) is 0 Å². The van der Waals surface area contributed by atoms with Gasteiger partial charge in [-0.05, 0) is 43.6 Å². The number of nitrogens with two attached hydrogens (primary N) is 1. The average Bonchev–Trinajstić information content (AvgIpc) is 2.39. The second-order valence-corrected chi connectivity index (χ2v) is 4.68. The second-order valence-electron chi connectivity index (χ2n) is 4.27. The van der Waals surface area contributed by atoms with Crippen molar-refractivity contribution >= 4 is 11.6 Å². The largest absolute Gasteiger partial charge is 0.486 e. The van der Waals surface area contributed by atoms with E-state index >= 15 is 0 Å². The Morgan fingerprint density at radius 3 is 2.89 bits per heavy atom. The van der Waals surface area contributed by atoms with Crippen LogP contribution in [0.15, 0.2) is 12.1 Å². The van der Waals surface area contributed by atoms with E-state index in [0.717, 1.165) is 43.8 Å². The van der Waals surface area contributed by atoms with Gasteiger partial charge >= 0.3 is 0 Å². The fourth-order valence-corrected chi connectivity index (χ4v) is 2.18. The van der Waals surface area contributed by atoms with Gasteiger partial charge in [0.15, 0.2) is 11.5 Å². The standard InChI is InChI=1S/C13H19ClN2O2/c14-11-7-10(9-16-4-2-1-3-15)8-12-13(11)18-6-5-17-12/h7-8,16H,1-6,9,15H2. The summed E-state index contributed by atoms with van der Waals surface area (Å²) in [6, 6.07) is 3.90. The van der Waals surface area contributed by atoms with Crippen LogP contribution in [0.4, 0.5) is 0 Å². The van der Waals surface area contributed by atoms with Crippen molar-refractivity contribution in [1.29, 1.82) is 0 Å². The number of unbranched alkanes of at least 4 members (excludes halogenated alkanes) is 1. The molecule has 0 bridgehead atoms. The molecule has 1 heterocycles. The van der Waals surface area contributed by atoms with Crippen LogP contribution in [0.2, 0.25) is 5.02 Å². The van der Waals surface area contributed by atoms with Gasteiger partial charge in [0.05, 0.1) is 5.02 Å². The topological polar surface area (TPSA) is 56.5 Å². The second kappa shape index (κ2) is 6.83. The van der Waals surface area contributed by atoms with Crippen molar-refractivity contribution in [3.8, 4) is 11.5 Å². The monoisotopic (exact) mass is 270 g/mol. The zero-order valence-electron chi connectivity index (χ0n) is 10.4. The van der Waals surface area contributed by atoms with Gasteiger partial charge in [-0.2, -0.15) is 0 Å². The first-order valence-electron chi connectivity index (χ1n) is 6.30. The highest BCUT2D eigenvalue weighted by molar-refractivity contribution is 6.32. The molecule has 4 nitrogen and oxygen atoms in total. The molecule has 0 radical (unpaired) electrons. The van der Waals surface area contributed by atoms with Crippen molar-refractivity contribution in [3.05, 3.63) is 22.7 Å². The minimum Gasteiger partial charge on any atom is -0.486 e. The fourth-order valence-electron chi connectivity index (χ4n) is 1.89. The number of halogens is 1. The summed E-state index contributed by atoms with van der Waals surface area (Å²) in [6.45, 7) is 3.63. The van der Waals surface area contributed by atoms with Gasteiger partial charge in [0.2, 0.25) is 0 Å². The van der Waals surface area contributed by atoms with Gasteiger partial charge in [0.25, 0.3) is 0 Å². The van der Waals surface area contributed by atoms with Crippen LogP contribution in [0.3, 0.4) is 0 Å². The maximum absolute atomic E-state index is 6.16. The lowest BCUT2D eigenvalue weighted by Gasteiger charge is -2.20. The van der Waals surface area contributed by atoms with Crippen LogP contribution < -0.4 is 20.5 Å². The Hall–Kier alpha value is -0.970. The number of ether oxygens (including phenoxy) is 2. The van der Waals surface area contributed by atoms with Crippen LogP contribution in [0.25, 0.3) is 0 Å². The van der Waals surface area contributed by atoms with Crippen molar-refractivity contribution in [3.63, 3.8) is 0 Å². The number of nitrogens with one attached hydrogen (secondary N) is 1. The van der Waals surface area contributed by atoms with Crippen LogP contribution in [-0.4, -0.2) is 26.3 Å². The lowest BCUT2D eigenvalue weighted by molar-refractivity contribution is 0.171. The summed E-state index contributed by atoms with van der Waals surface area (Å²) in [6.07, 6.45) is 2.14. The first-order valence-corrected chi connectivity index (χ1v) is 6.68. The Balaban J connectivity index is 1.91. The molecular formula is C13H19ClN2O2. The molecule has 0 amide bonds. The number of hydrogen-bond acceptors (Lipinski definition) is 4. The molecule has 0 unspecified atom stereocenters. The molecule has 3 N–H and O–H groups in total. The summed E-state index contributed by atoms with van der Waals surface area (Å²) in [5.74, 6) is 1.40. The van der Waals surface area contributed by atoms with Gasteiger partial charge in [-0.1, -0.05) is 11.6 Å². The molecular weight excluding hydrogens is 252 g/mol. The predicted octanol–water partition coefficient (Wildman–Crippen LogP) is 1.94. The van der Waals surface area contributed by atoms with E-state index in [-0.39, 0.29) is 0 Å². The Bertz CT molecular complexity index is 399. The first kappa shape index (κ1) is 13.5. The lowest BCUT2D eigenvalue weighted by Crippen LogP contribution is -2.18. The van der Waals surface area contributed by atoms with Gasteiger partial charge in [0, 0.05) is 6.54 Å². The van der Waals surface area contributed by atoms with E-state index in [1.165, 1.54) is 0 Å². The molecule has 2 rings (SSSR count). The van der Waals surface area contributed by atoms with Crippen LogP contribution in [0.1, 0.15) is 18.4 Å². The Morgan fingerprint density at radius 2 is 2.06 bits per heavy atom. The van der Waals surface area contributed by atoms with Crippen LogP contribution in [-0.2, 0) is 6.54 Å². The highest BCUT2D eigenvalue weighted by Gasteiger charge is 2.16. The molecule has 0 spiro atoms. The van der Waals surface area contributed by atoms with E-state index in [4.69, 9.17) is 26.8 Å². The zero-order valence-corrected chi connectivity index (χ0v) is 11.1. The smallest absolute Gasteiger partial charge is 0.179 e. The summed E-state index contributed by atoms with van der Waals surface area (Å²) in [7, 11) is 0. The molecule has 5 heteroatoms. The molecule has 0 saturated heterocycles. The number of fused-ring (bicyclic) bond motifs is 1. The zero-order chi connectivity index (χ0) is 12.8.